The summed E-state index contributed by atoms with van der Waals surface area (Å²) in [5.74, 6) is 0.563. The van der Waals surface area contributed by atoms with E-state index in [1.165, 1.54) is 7.11 Å². The third kappa shape index (κ3) is 1.96. The molecule has 88 valence electrons. The Morgan fingerprint density at radius 1 is 1.38 bits per heavy atom. The molecule has 2 aliphatic carbocycles. The molecule has 0 radical (unpaired) electrons. The molecule has 2 aliphatic rings. The summed E-state index contributed by atoms with van der Waals surface area (Å²) in [6, 6.07) is -0.555. The van der Waals surface area contributed by atoms with Crippen LogP contribution in [-0.4, -0.2) is 25.0 Å². The van der Waals surface area contributed by atoms with E-state index < -0.39 is 12.0 Å². The number of allylic oxidation sites excluding steroid dienone is 2. The Balaban J connectivity index is 1.89. The van der Waals surface area contributed by atoms with Crippen molar-refractivity contribution >= 4 is 11.9 Å². The quantitative estimate of drug-likeness (QED) is 0.570. The highest BCUT2D eigenvalue weighted by molar-refractivity contribution is 5.86. The molecule has 4 heteroatoms. The second-order valence-electron chi connectivity index (χ2n) is 4.64. The second-order valence-corrected chi connectivity index (χ2v) is 4.64. The number of nitrogens with one attached hydrogen (secondary N) is 1. The molecule has 0 aromatic carbocycles. The molecule has 0 aromatic heterocycles. The Morgan fingerprint density at radius 3 is 2.62 bits per heavy atom. The summed E-state index contributed by atoms with van der Waals surface area (Å²) in [7, 11) is 1.32. The molecule has 0 heterocycles. The Labute approximate surface area is 95.0 Å². The van der Waals surface area contributed by atoms with Crippen molar-refractivity contribution in [2.75, 3.05) is 7.11 Å². The first-order chi connectivity index (χ1) is 7.61. The highest BCUT2D eigenvalue weighted by Gasteiger charge is 2.40. The van der Waals surface area contributed by atoms with Gasteiger partial charge in [0.25, 0.3) is 0 Å². The molecular weight excluding hydrogens is 206 g/mol. The van der Waals surface area contributed by atoms with Crippen molar-refractivity contribution in [2.45, 2.75) is 25.8 Å². The maximum Gasteiger partial charge on any atom is 0.328 e. The van der Waals surface area contributed by atoms with E-state index in [0.29, 0.717) is 11.8 Å². The number of fused-ring (bicyclic) bond motifs is 2. The fourth-order valence-electron chi connectivity index (χ4n) is 2.64. The highest BCUT2D eigenvalue weighted by Crippen LogP contribution is 2.43. The first-order valence-electron chi connectivity index (χ1n) is 5.68. The van der Waals surface area contributed by atoms with Gasteiger partial charge in [0.05, 0.1) is 7.11 Å². The predicted octanol–water partition coefficient (Wildman–Crippen LogP) is 0.876. The summed E-state index contributed by atoms with van der Waals surface area (Å²) in [4.78, 5) is 23.1. The van der Waals surface area contributed by atoms with Crippen molar-refractivity contribution in [3.63, 3.8) is 0 Å². The maximum atomic E-state index is 11.9. The van der Waals surface area contributed by atoms with Crippen LogP contribution < -0.4 is 5.32 Å². The van der Waals surface area contributed by atoms with E-state index in [4.69, 9.17) is 0 Å². The monoisotopic (exact) mass is 223 g/mol. The van der Waals surface area contributed by atoms with Gasteiger partial charge in [-0.25, -0.2) is 4.79 Å². The van der Waals surface area contributed by atoms with E-state index >= 15 is 0 Å². The van der Waals surface area contributed by atoms with Crippen LogP contribution >= 0.6 is 0 Å². The number of esters is 1. The molecular formula is C12H17NO3. The number of carbonyl (C=O) groups excluding carboxylic acids is 2. The number of ether oxygens (including phenoxy) is 1. The molecule has 0 aliphatic heterocycles. The van der Waals surface area contributed by atoms with Crippen LogP contribution in [0.3, 0.4) is 0 Å². The van der Waals surface area contributed by atoms with Crippen LogP contribution in [0.5, 0.6) is 0 Å². The molecule has 2 rings (SSSR count). The molecule has 1 fully saturated rings. The van der Waals surface area contributed by atoms with Crippen molar-refractivity contribution in [3.8, 4) is 0 Å². The molecule has 16 heavy (non-hydrogen) atoms. The fourth-order valence-corrected chi connectivity index (χ4v) is 2.64. The standard InChI is InChI=1S/C12H17NO3/c1-7(12(15)16-2)13-11(14)10-6-8-3-4-9(10)5-8/h3-4,7-10H,5-6H2,1-2H3,(H,13,14)/t7-,8-,9+,10-/m0/s1. The minimum Gasteiger partial charge on any atom is -0.467 e. The van der Waals surface area contributed by atoms with E-state index in [0.717, 1.165) is 12.8 Å². The van der Waals surface area contributed by atoms with Gasteiger partial charge in [0.15, 0.2) is 0 Å². The average molecular weight is 223 g/mol. The van der Waals surface area contributed by atoms with Gasteiger partial charge < -0.3 is 10.1 Å². The smallest absolute Gasteiger partial charge is 0.328 e. The lowest BCUT2D eigenvalue weighted by Gasteiger charge is -2.19. The van der Waals surface area contributed by atoms with Crippen LogP contribution in [0.15, 0.2) is 12.2 Å². The van der Waals surface area contributed by atoms with Crippen molar-refractivity contribution in [1.29, 1.82) is 0 Å². The molecule has 2 bridgehead atoms. The molecule has 0 spiro atoms. The molecule has 4 atom stereocenters. The van der Waals surface area contributed by atoms with Crippen molar-refractivity contribution in [3.05, 3.63) is 12.2 Å². The number of methoxy groups -OCH3 is 1. The summed E-state index contributed by atoms with van der Waals surface area (Å²) < 4.78 is 4.57. The zero-order valence-electron chi connectivity index (χ0n) is 9.60. The van der Waals surface area contributed by atoms with Crippen LogP contribution in [0.1, 0.15) is 19.8 Å². The minimum absolute atomic E-state index is 0.0187. The number of amides is 1. The van der Waals surface area contributed by atoms with Crippen molar-refractivity contribution in [1.82, 2.24) is 5.32 Å². The number of rotatable bonds is 3. The lowest BCUT2D eigenvalue weighted by molar-refractivity contribution is -0.145. The lowest BCUT2D eigenvalue weighted by Crippen LogP contribution is -2.43. The molecule has 1 N–H and O–H groups in total. The zero-order chi connectivity index (χ0) is 11.7. The van der Waals surface area contributed by atoms with Crippen LogP contribution in [0.2, 0.25) is 0 Å². The maximum absolute atomic E-state index is 11.9. The average Bonchev–Trinajstić information content (AvgIpc) is 2.89. The SMILES string of the molecule is COC(=O)[C@H](C)NC(=O)[C@H]1C[C@H]2C=C[C@@H]1C2. The topological polar surface area (TPSA) is 55.4 Å². The Morgan fingerprint density at radius 2 is 2.12 bits per heavy atom. The molecule has 4 nitrogen and oxygen atoms in total. The summed E-state index contributed by atoms with van der Waals surface area (Å²) in [6.07, 6.45) is 6.32. The number of hydrogen-bond donors (Lipinski definition) is 1. The van der Waals surface area contributed by atoms with E-state index in [1.807, 2.05) is 0 Å². The van der Waals surface area contributed by atoms with Gasteiger partial charge >= 0.3 is 5.97 Å². The Bertz CT molecular complexity index is 337. The Kier molecular flexibility index (Phi) is 2.99. The molecule has 1 amide bonds. The van der Waals surface area contributed by atoms with E-state index in [9.17, 15) is 9.59 Å². The van der Waals surface area contributed by atoms with Crippen LogP contribution in [0.4, 0.5) is 0 Å². The zero-order valence-corrected chi connectivity index (χ0v) is 9.60. The van der Waals surface area contributed by atoms with Gasteiger partial charge in [-0.2, -0.15) is 0 Å². The van der Waals surface area contributed by atoms with Gasteiger partial charge in [-0.15, -0.1) is 0 Å². The molecule has 1 saturated carbocycles. The highest BCUT2D eigenvalue weighted by atomic mass is 16.5. The normalized spacial score (nSPS) is 32.5. The van der Waals surface area contributed by atoms with Gasteiger partial charge in [0.1, 0.15) is 6.04 Å². The third-order valence-electron chi connectivity index (χ3n) is 3.53. The number of carbonyl (C=O) groups is 2. The van der Waals surface area contributed by atoms with E-state index in [2.05, 4.69) is 22.2 Å². The van der Waals surface area contributed by atoms with Crippen molar-refractivity contribution in [2.24, 2.45) is 17.8 Å². The van der Waals surface area contributed by atoms with Gasteiger partial charge in [0, 0.05) is 5.92 Å². The lowest BCUT2D eigenvalue weighted by atomic mass is 9.92. The predicted molar refractivity (Wildman–Crippen MR) is 58.5 cm³/mol. The van der Waals surface area contributed by atoms with Crippen LogP contribution in [-0.2, 0) is 14.3 Å². The summed E-state index contributed by atoms with van der Waals surface area (Å²) in [5, 5.41) is 2.71. The summed E-state index contributed by atoms with van der Waals surface area (Å²) >= 11 is 0. The van der Waals surface area contributed by atoms with Crippen LogP contribution in [0, 0.1) is 17.8 Å². The summed E-state index contributed by atoms with van der Waals surface area (Å²) in [5.41, 5.74) is 0. The van der Waals surface area contributed by atoms with Gasteiger partial charge in [0.2, 0.25) is 5.91 Å². The Hall–Kier alpha value is -1.32. The van der Waals surface area contributed by atoms with Gasteiger partial charge in [-0.05, 0) is 31.6 Å². The fraction of sp³-hybridized carbons (Fsp3) is 0.667. The first-order valence-corrected chi connectivity index (χ1v) is 5.68. The van der Waals surface area contributed by atoms with Gasteiger partial charge in [-0.3, -0.25) is 4.79 Å². The summed E-state index contributed by atoms with van der Waals surface area (Å²) in [6.45, 7) is 1.65. The third-order valence-corrected chi connectivity index (χ3v) is 3.53. The second kappa shape index (κ2) is 4.28. The van der Waals surface area contributed by atoms with Crippen LogP contribution in [0.25, 0.3) is 0 Å². The van der Waals surface area contributed by atoms with Crippen molar-refractivity contribution < 1.29 is 14.3 Å². The molecule has 0 saturated heterocycles. The number of hydrogen-bond acceptors (Lipinski definition) is 3. The van der Waals surface area contributed by atoms with E-state index in [1.54, 1.807) is 6.92 Å². The molecule has 0 unspecified atom stereocenters. The first kappa shape index (κ1) is 11.2. The molecule has 0 aromatic rings. The van der Waals surface area contributed by atoms with Gasteiger partial charge in [-0.1, -0.05) is 12.2 Å². The minimum atomic E-state index is -0.555. The van der Waals surface area contributed by atoms with E-state index in [-0.39, 0.29) is 11.8 Å². The largest absolute Gasteiger partial charge is 0.467 e.